The van der Waals surface area contributed by atoms with Crippen LogP contribution in [0.5, 0.6) is 0 Å². The number of rotatable bonds is 7. The first-order valence-corrected chi connectivity index (χ1v) is 6.96. The summed E-state index contributed by atoms with van der Waals surface area (Å²) < 4.78 is 14.0. The van der Waals surface area contributed by atoms with E-state index >= 15 is 0 Å². The Morgan fingerprint density at radius 2 is 1.10 bits per heavy atom. The van der Waals surface area contributed by atoms with E-state index in [9.17, 15) is 19.2 Å². The number of halogens is 1. The summed E-state index contributed by atoms with van der Waals surface area (Å²) in [5.74, 6) is -3.93. The summed E-state index contributed by atoms with van der Waals surface area (Å²) in [6.45, 7) is 5.19. The predicted molar refractivity (Wildman–Crippen MR) is 72.7 cm³/mol. The van der Waals surface area contributed by atoms with Crippen molar-refractivity contribution < 1.29 is 38.5 Å². The molecular formula is C12H17BrO8. The zero-order chi connectivity index (χ0) is 16.7. The average molecular weight is 369 g/mol. The van der Waals surface area contributed by atoms with Crippen LogP contribution < -0.4 is 0 Å². The molecule has 0 aliphatic heterocycles. The van der Waals surface area contributed by atoms with Crippen LogP contribution in [-0.4, -0.2) is 52.1 Å². The highest BCUT2D eigenvalue weighted by molar-refractivity contribution is 9.10. The van der Waals surface area contributed by atoms with Gasteiger partial charge >= 0.3 is 23.9 Å². The second kappa shape index (κ2) is 8.60. The summed E-state index contributed by atoms with van der Waals surface area (Å²) in [5.41, 5.74) is 0. The van der Waals surface area contributed by atoms with Crippen molar-refractivity contribution in [3.05, 3.63) is 0 Å². The molecule has 0 fully saturated rings. The first-order valence-electron chi connectivity index (χ1n) is 6.04. The van der Waals surface area contributed by atoms with Crippen molar-refractivity contribution in [1.29, 1.82) is 0 Å². The first-order chi connectivity index (χ1) is 9.56. The monoisotopic (exact) mass is 368 g/mol. The van der Waals surface area contributed by atoms with E-state index < -0.39 is 47.0 Å². The summed E-state index contributed by atoms with van der Waals surface area (Å²) in [6, 6.07) is 0. The van der Waals surface area contributed by atoms with Crippen molar-refractivity contribution >= 4 is 39.8 Å². The molecule has 0 spiro atoms. The van der Waals surface area contributed by atoms with Gasteiger partial charge in [0.25, 0.3) is 0 Å². The zero-order valence-corrected chi connectivity index (χ0v) is 13.6. The number of carboxylic acids is 1. The molecule has 0 bridgehead atoms. The van der Waals surface area contributed by atoms with Crippen LogP contribution >= 0.6 is 15.9 Å². The SMILES string of the molecule is CC(Br)C(=O)OC(C)C(=O)OC(C)C(=O)OC(C)C(=O)O. The second-order valence-corrected chi connectivity index (χ2v) is 5.57. The van der Waals surface area contributed by atoms with Crippen molar-refractivity contribution in [2.24, 2.45) is 0 Å². The Hall–Kier alpha value is -1.64. The summed E-state index contributed by atoms with van der Waals surface area (Å²) in [5, 5.41) is 8.59. The van der Waals surface area contributed by atoms with Gasteiger partial charge in [0.05, 0.1) is 0 Å². The fourth-order valence-electron chi connectivity index (χ4n) is 0.955. The lowest BCUT2D eigenvalue weighted by atomic mass is 10.3. The Kier molecular flexibility index (Phi) is 7.93. The molecule has 21 heavy (non-hydrogen) atoms. The molecule has 0 aliphatic carbocycles. The van der Waals surface area contributed by atoms with E-state index in [-0.39, 0.29) is 0 Å². The van der Waals surface area contributed by atoms with E-state index in [0.717, 1.165) is 6.92 Å². The Morgan fingerprint density at radius 3 is 1.43 bits per heavy atom. The molecule has 120 valence electrons. The highest BCUT2D eigenvalue weighted by Crippen LogP contribution is 2.07. The molecule has 0 rings (SSSR count). The highest BCUT2D eigenvalue weighted by Gasteiger charge is 2.28. The maximum absolute atomic E-state index is 11.6. The predicted octanol–water partition coefficient (Wildman–Crippen LogP) is 0.649. The molecule has 0 heterocycles. The molecule has 0 saturated carbocycles. The molecule has 4 unspecified atom stereocenters. The van der Waals surface area contributed by atoms with Crippen LogP contribution in [0.15, 0.2) is 0 Å². The smallest absolute Gasteiger partial charge is 0.347 e. The van der Waals surface area contributed by atoms with Crippen LogP contribution in [0, 0.1) is 0 Å². The molecule has 0 aromatic rings. The molecule has 0 aromatic carbocycles. The van der Waals surface area contributed by atoms with Gasteiger partial charge < -0.3 is 19.3 Å². The van der Waals surface area contributed by atoms with E-state index in [4.69, 9.17) is 14.6 Å². The molecule has 0 saturated heterocycles. The van der Waals surface area contributed by atoms with E-state index in [1.807, 2.05) is 0 Å². The summed E-state index contributed by atoms with van der Waals surface area (Å²) >= 11 is 2.98. The number of carbonyl (C=O) groups excluding carboxylic acids is 3. The van der Waals surface area contributed by atoms with E-state index in [2.05, 4.69) is 20.7 Å². The van der Waals surface area contributed by atoms with Crippen molar-refractivity contribution in [3.63, 3.8) is 0 Å². The number of hydrogen-bond donors (Lipinski definition) is 1. The molecular weight excluding hydrogens is 352 g/mol. The van der Waals surface area contributed by atoms with Gasteiger partial charge in [-0.05, 0) is 27.7 Å². The Morgan fingerprint density at radius 1 is 0.762 bits per heavy atom. The Balaban J connectivity index is 4.40. The van der Waals surface area contributed by atoms with Gasteiger partial charge in [0, 0.05) is 0 Å². The summed E-state index contributed by atoms with van der Waals surface area (Å²) in [4.78, 5) is 44.3. The minimum Gasteiger partial charge on any atom is -0.479 e. The Labute approximate surface area is 129 Å². The van der Waals surface area contributed by atoms with Crippen molar-refractivity contribution in [3.8, 4) is 0 Å². The fourth-order valence-corrected chi connectivity index (χ4v) is 1.06. The minimum absolute atomic E-state index is 0.591. The molecule has 0 radical (unpaired) electrons. The topological polar surface area (TPSA) is 116 Å². The summed E-state index contributed by atoms with van der Waals surface area (Å²) in [7, 11) is 0. The largest absolute Gasteiger partial charge is 0.479 e. The number of alkyl halides is 1. The van der Waals surface area contributed by atoms with Gasteiger partial charge in [0.15, 0.2) is 18.3 Å². The molecule has 9 heteroatoms. The zero-order valence-electron chi connectivity index (χ0n) is 12.0. The molecule has 4 atom stereocenters. The van der Waals surface area contributed by atoms with Crippen molar-refractivity contribution in [2.75, 3.05) is 0 Å². The summed E-state index contributed by atoms with van der Waals surface area (Å²) in [6.07, 6.45) is -3.88. The van der Waals surface area contributed by atoms with E-state index in [1.165, 1.54) is 20.8 Å². The van der Waals surface area contributed by atoms with Crippen molar-refractivity contribution in [2.45, 2.75) is 50.8 Å². The van der Waals surface area contributed by atoms with Gasteiger partial charge in [0.2, 0.25) is 0 Å². The maximum Gasteiger partial charge on any atom is 0.347 e. The second-order valence-electron chi connectivity index (χ2n) is 4.19. The third kappa shape index (κ3) is 7.07. The van der Waals surface area contributed by atoms with Crippen LogP contribution in [0.2, 0.25) is 0 Å². The lowest BCUT2D eigenvalue weighted by Crippen LogP contribution is -2.36. The highest BCUT2D eigenvalue weighted by atomic mass is 79.9. The molecule has 0 aliphatic rings. The average Bonchev–Trinajstić information content (AvgIpc) is 2.37. The van der Waals surface area contributed by atoms with Gasteiger partial charge in [-0.15, -0.1) is 0 Å². The maximum atomic E-state index is 11.6. The minimum atomic E-state index is -1.36. The van der Waals surface area contributed by atoms with Gasteiger partial charge in [0.1, 0.15) is 4.83 Å². The molecule has 1 N–H and O–H groups in total. The van der Waals surface area contributed by atoms with Crippen LogP contribution in [-0.2, 0) is 33.4 Å². The van der Waals surface area contributed by atoms with Crippen LogP contribution in [0.3, 0.4) is 0 Å². The van der Waals surface area contributed by atoms with Crippen LogP contribution in [0.4, 0.5) is 0 Å². The van der Waals surface area contributed by atoms with Gasteiger partial charge in [-0.3, -0.25) is 4.79 Å². The van der Waals surface area contributed by atoms with Crippen LogP contribution in [0.25, 0.3) is 0 Å². The number of carbonyl (C=O) groups is 4. The standard InChI is InChI=1S/C12H17BrO8/c1-5(13)10(16)20-7(3)12(18)21-8(4)11(17)19-6(2)9(14)15/h5-8H,1-4H3,(H,14,15). The van der Waals surface area contributed by atoms with Gasteiger partial charge in [-0.1, -0.05) is 15.9 Å². The van der Waals surface area contributed by atoms with E-state index in [0.29, 0.717) is 0 Å². The Bertz CT molecular complexity index is 419. The molecule has 0 amide bonds. The third-order valence-electron chi connectivity index (χ3n) is 2.22. The fraction of sp³-hybridized carbons (Fsp3) is 0.667. The quantitative estimate of drug-likeness (QED) is 0.395. The number of carboxylic acid groups (broad SMARTS) is 1. The lowest BCUT2D eigenvalue weighted by Gasteiger charge is -2.18. The number of aliphatic carboxylic acids is 1. The number of ether oxygens (including phenoxy) is 3. The van der Waals surface area contributed by atoms with Gasteiger partial charge in [-0.25, -0.2) is 14.4 Å². The lowest BCUT2D eigenvalue weighted by molar-refractivity contribution is -0.180. The van der Waals surface area contributed by atoms with Crippen LogP contribution in [0.1, 0.15) is 27.7 Å². The van der Waals surface area contributed by atoms with E-state index in [1.54, 1.807) is 0 Å². The number of esters is 3. The molecule has 8 nitrogen and oxygen atoms in total. The van der Waals surface area contributed by atoms with Crippen molar-refractivity contribution in [1.82, 2.24) is 0 Å². The third-order valence-corrected chi connectivity index (χ3v) is 2.59. The first kappa shape index (κ1) is 19.4. The number of hydrogen-bond acceptors (Lipinski definition) is 7. The normalized spacial score (nSPS) is 16.0. The van der Waals surface area contributed by atoms with Gasteiger partial charge in [-0.2, -0.15) is 0 Å². The molecule has 0 aromatic heterocycles.